The number of ether oxygens (including phenoxy) is 2. The molecule has 1 saturated heterocycles. The molecule has 3 aromatic rings. The average Bonchev–Trinajstić information content (AvgIpc) is 3.35. The van der Waals surface area contributed by atoms with Gasteiger partial charge in [-0.1, -0.05) is 86.6 Å². The molecule has 2 aliphatic carbocycles. The average molecular weight is 629 g/mol. The van der Waals surface area contributed by atoms with E-state index in [1.165, 1.54) is 18.1 Å². The van der Waals surface area contributed by atoms with E-state index in [9.17, 15) is 13.2 Å². The van der Waals surface area contributed by atoms with Gasteiger partial charge in [0.1, 0.15) is 18.0 Å². The van der Waals surface area contributed by atoms with Gasteiger partial charge in [-0.15, -0.1) is 0 Å². The monoisotopic (exact) mass is 628 g/mol. The standard InChI is InChI=1S/C37H44N2O5S/c1-25(2)22-39(45(41,42)24-27-11-6-4-7-12-27)31-18-17-30-32-21-29-15-10-16-33-35(29)37(30,36(31)44-33)19-20-38(32)23-34(43-26(3)40)28-13-8-5-9-14-28/h4-16,25,30-32,34,36H,17-24H2,1-3H3/t30-,31+,32+,34?,36-,37-/m0/s1. The topological polar surface area (TPSA) is 76.2 Å². The first kappa shape index (κ1) is 30.5. The van der Waals surface area contributed by atoms with E-state index in [0.717, 1.165) is 49.1 Å². The summed E-state index contributed by atoms with van der Waals surface area (Å²) < 4.78 is 43.2. The zero-order valence-corrected chi connectivity index (χ0v) is 27.3. The highest BCUT2D eigenvalue weighted by Crippen LogP contribution is 2.63. The molecule has 4 aliphatic rings. The smallest absolute Gasteiger partial charge is 0.303 e. The van der Waals surface area contributed by atoms with Gasteiger partial charge in [-0.05, 0) is 66.8 Å². The van der Waals surface area contributed by atoms with Gasteiger partial charge < -0.3 is 9.47 Å². The molecule has 45 heavy (non-hydrogen) atoms. The third-order valence-corrected chi connectivity index (χ3v) is 12.5. The van der Waals surface area contributed by atoms with Crippen LogP contribution in [0.3, 0.4) is 0 Å². The number of carbonyl (C=O) groups excluding carboxylic acids is 1. The minimum absolute atomic E-state index is 0.00810. The third-order valence-electron chi connectivity index (χ3n) is 10.6. The van der Waals surface area contributed by atoms with E-state index in [4.69, 9.17) is 9.47 Å². The zero-order chi connectivity index (χ0) is 31.3. The third kappa shape index (κ3) is 5.38. The lowest BCUT2D eigenvalue weighted by atomic mass is 9.51. The molecular weight excluding hydrogens is 584 g/mol. The highest BCUT2D eigenvalue weighted by molar-refractivity contribution is 7.88. The van der Waals surface area contributed by atoms with E-state index in [1.54, 1.807) is 0 Å². The number of hydrogen-bond donors (Lipinski definition) is 0. The molecule has 3 aromatic carbocycles. The van der Waals surface area contributed by atoms with Gasteiger partial charge in [0.15, 0.2) is 0 Å². The molecule has 238 valence electrons. The van der Waals surface area contributed by atoms with Crippen LogP contribution in [0.5, 0.6) is 5.75 Å². The molecule has 1 saturated carbocycles. The lowest BCUT2D eigenvalue weighted by molar-refractivity contribution is -0.150. The Morgan fingerprint density at radius 2 is 1.76 bits per heavy atom. The normalized spacial score (nSPS) is 27.6. The minimum Gasteiger partial charge on any atom is -0.487 e. The van der Waals surface area contributed by atoms with E-state index in [0.29, 0.717) is 19.0 Å². The van der Waals surface area contributed by atoms with Gasteiger partial charge in [0, 0.05) is 37.0 Å². The Labute approximate surface area is 267 Å². The van der Waals surface area contributed by atoms with Crippen molar-refractivity contribution in [3.05, 3.63) is 101 Å². The Balaban J connectivity index is 1.24. The van der Waals surface area contributed by atoms with Crippen LogP contribution in [-0.4, -0.2) is 61.4 Å². The van der Waals surface area contributed by atoms with Crippen LogP contribution in [0.15, 0.2) is 78.9 Å². The molecular formula is C37H44N2O5S. The number of nitrogens with zero attached hydrogens (tertiary/aromatic N) is 2. The van der Waals surface area contributed by atoms with E-state index >= 15 is 0 Å². The maximum Gasteiger partial charge on any atom is 0.303 e. The molecule has 0 radical (unpaired) electrons. The van der Waals surface area contributed by atoms with Crippen molar-refractivity contribution in [2.45, 2.75) is 81.9 Å². The zero-order valence-electron chi connectivity index (χ0n) is 26.5. The first-order valence-electron chi connectivity index (χ1n) is 16.5. The molecule has 1 spiro atoms. The number of esters is 1. The predicted molar refractivity (Wildman–Crippen MR) is 174 cm³/mol. The van der Waals surface area contributed by atoms with Gasteiger partial charge >= 0.3 is 5.97 Å². The van der Waals surface area contributed by atoms with Crippen molar-refractivity contribution in [3.8, 4) is 5.75 Å². The van der Waals surface area contributed by atoms with Gasteiger partial charge in [0.05, 0.1) is 11.8 Å². The summed E-state index contributed by atoms with van der Waals surface area (Å²) in [5, 5.41) is 0. The molecule has 2 heterocycles. The summed E-state index contributed by atoms with van der Waals surface area (Å²) in [6.07, 6.45) is 2.91. The van der Waals surface area contributed by atoms with Crippen molar-refractivity contribution in [2.24, 2.45) is 11.8 Å². The summed E-state index contributed by atoms with van der Waals surface area (Å²) >= 11 is 0. The van der Waals surface area contributed by atoms with Gasteiger partial charge in [-0.3, -0.25) is 9.69 Å². The van der Waals surface area contributed by atoms with Crippen LogP contribution < -0.4 is 4.74 Å². The van der Waals surface area contributed by atoms with Crippen LogP contribution in [0.1, 0.15) is 68.4 Å². The molecule has 7 rings (SSSR count). The number of sulfonamides is 1. The lowest BCUT2D eigenvalue weighted by Crippen LogP contribution is -2.69. The molecule has 2 bridgehead atoms. The van der Waals surface area contributed by atoms with Crippen molar-refractivity contribution in [2.75, 3.05) is 19.6 Å². The van der Waals surface area contributed by atoms with Crippen LogP contribution in [0.2, 0.25) is 0 Å². The highest BCUT2D eigenvalue weighted by atomic mass is 32.2. The van der Waals surface area contributed by atoms with Crippen molar-refractivity contribution in [1.82, 2.24) is 9.21 Å². The largest absolute Gasteiger partial charge is 0.487 e. The summed E-state index contributed by atoms with van der Waals surface area (Å²) in [7, 11) is -3.61. The lowest BCUT2D eigenvalue weighted by Gasteiger charge is -2.60. The number of hydrogen-bond acceptors (Lipinski definition) is 6. The summed E-state index contributed by atoms with van der Waals surface area (Å²) in [6.45, 7) is 7.62. The summed E-state index contributed by atoms with van der Waals surface area (Å²) in [5.41, 5.74) is 4.21. The molecule has 0 N–H and O–H groups in total. The fourth-order valence-electron chi connectivity index (χ4n) is 9.07. The Morgan fingerprint density at radius 3 is 2.47 bits per heavy atom. The van der Waals surface area contributed by atoms with Crippen molar-refractivity contribution < 1.29 is 22.7 Å². The van der Waals surface area contributed by atoms with Crippen LogP contribution in [0.25, 0.3) is 0 Å². The summed E-state index contributed by atoms with van der Waals surface area (Å²) in [6, 6.07) is 26.0. The fourth-order valence-corrected chi connectivity index (χ4v) is 11.0. The first-order valence-corrected chi connectivity index (χ1v) is 18.1. The quantitative estimate of drug-likeness (QED) is 0.261. The van der Waals surface area contributed by atoms with Crippen LogP contribution >= 0.6 is 0 Å². The molecule has 2 aliphatic heterocycles. The Bertz CT molecular complexity index is 1650. The van der Waals surface area contributed by atoms with E-state index in [1.807, 2.05) is 65.0 Å². The van der Waals surface area contributed by atoms with E-state index < -0.39 is 10.0 Å². The SMILES string of the molecule is CC(=O)OC(CN1CC[C@]23c4c5cccc4O[C@H]2[C@H](N(CC(C)C)S(=O)(=O)Cc2ccccc2)CC[C@H]3[C@H]1C5)c1ccccc1. The number of benzene rings is 3. The number of likely N-dealkylation sites (tertiary alicyclic amines) is 1. The van der Waals surface area contributed by atoms with Crippen LogP contribution in [0, 0.1) is 11.8 Å². The molecule has 1 unspecified atom stereocenters. The number of rotatable bonds is 10. The molecule has 0 aromatic heterocycles. The second kappa shape index (κ2) is 11.9. The van der Waals surface area contributed by atoms with Crippen molar-refractivity contribution >= 4 is 16.0 Å². The van der Waals surface area contributed by atoms with Gasteiger partial charge in [-0.2, -0.15) is 4.31 Å². The second-order valence-electron chi connectivity index (χ2n) is 13.9. The Hall–Kier alpha value is -3.20. The minimum atomic E-state index is -3.61. The molecule has 6 atom stereocenters. The van der Waals surface area contributed by atoms with E-state index in [2.05, 4.69) is 36.9 Å². The van der Waals surface area contributed by atoms with Gasteiger partial charge in [0.25, 0.3) is 0 Å². The summed E-state index contributed by atoms with van der Waals surface area (Å²) in [5.74, 6) is 1.17. The van der Waals surface area contributed by atoms with Crippen molar-refractivity contribution in [3.63, 3.8) is 0 Å². The molecule has 8 heteroatoms. The Kier molecular flexibility index (Phi) is 8.03. The molecule has 7 nitrogen and oxygen atoms in total. The number of piperidine rings is 1. The Morgan fingerprint density at radius 1 is 1.02 bits per heavy atom. The van der Waals surface area contributed by atoms with Gasteiger partial charge in [-0.25, -0.2) is 8.42 Å². The van der Waals surface area contributed by atoms with Gasteiger partial charge in [0.2, 0.25) is 10.0 Å². The number of carbonyl (C=O) groups is 1. The maximum absolute atomic E-state index is 14.2. The van der Waals surface area contributed by atoms with E-state index in [-0.39, 0.29) is 47.3 Å². The molecule has 2 fully saturated rings. The highest BCUT2D eigenvalue weighted by Gasteiger charge is 2.66. The van der Waals surface area contributed by atoms with Crippen molar-refractivity contribution in [1.29, 1.82) is 0 Å². The summed E-state index contributed by atoms with van der Waals surface area (Å²) in [4.78, 5) is 14.7. The van der Waals surface area contributed by atoms with Crippen LogP contribution in [-0.2, 0) is 37.1 Å². The first-order chi connectivity index (χ1) is 21.7. The maximum atomic E-state index is 14.2. The second-order valence-corrected chi connectivity index (χ2v) is 15.8. The predicted octanol–water partition coefficient (Wildman–Crippen LogP) is 5.89. The van der Waals surface area contributed by atoms with Crippen LogP contribution in [0.4, 0.5) is 0 Å². The fraction of sp³-hybridized carbons (Fsp3) is 0.486. The molecule has 0 amide bonds.